The van der Waals surface area contributed by atoms with Crippen LogP contribution in [0.5, 0.6) is 0 Å². The number of hydrogen-bond donors (Lipinski definition) is 0. The number of hydrogen-bond acceptors (Lipinski definition) is 3. The van der Waals surface area contributed by atoms with Crippen LogP contribution < -0.4 is 0 Å². The van der Waals surface area contributed by atoms with E-state index >= 15 is 0 Å². The molecule has 0 aliphatic heterocycles. The van der Waals surface area contributed by atoms with Gasteiger partial charge in [0, 0.05) is 28.3 Å². The zero-order valence-electron chi connectivity index (χ0n) is 14.7. The van der Waals surface area contributed by atoms with Crippen molar-refractivity contribution in [3.05, 3.63) is 88.2 Å². The molecule has 138 valence electrons. The molecule has 0 amide bonds. The third-order valence-electron chi connectivity index (χ3n) is 4.81. The number of rotatable bonds is 7. The molecular formula is C21H19Cl2N3S. The molecule has 4 rings (SSSR count). The minimum atomic E-state index is 0.415. The molecular weight excluding hydrogens is 397 g/mol. The summed E-state index contributed by atoms with van der Waals surface area (Å²) in [5.41, 5.74) is 2.29. The van der Waals surface area contributed by atoms with Crippen LogP contribution in [-0.4, -0.2) is 14.8 Å². The molecule has 1 aromatic heterocycles. The van der Waals surface area contributed by atoms with E-state index in [1.54, 1.807) is 11.8 Å². The van der Waals surface area contributed by atoms with E-state index in [9.17, 15) is 0 Å². The topological polar surface area (TPSA) is 30.7 Å². The van der Waals surface area contributed by atoms with Crippen molar-refractivity contribution in [2.75, 3.05) is 0 Å². The van der Waals surface area contributed by atoms with Crippen molar-refractivity contribution in [2.45, 2.75) is 35.7 Å². The second-order valence-electron chi connectivity index (χ2n) is 6.59. The number of nitrogens with zero attached hydrogens (tertiary/aromatic N) is 3. The Balaban J connectivity index is 1.54. The minimum absolute atomic E-state index is 0.415. The lowest BCUT2D eigenvalue weighted by atomic mass is 10.1. The monoisotopic (exact) mass is 415 g/mol. The molecule has 2 aromatic carbocycles. The van der Waals surface area contributed by atoms with Gasteiger partial charge in [-0.1, -0.05) is 77.4 Å². The van der Waals surface area contributed by atoms with Gasteiger partial charge in [-0.05, 0) is 35.6 Å². The largest absolute Gasteiger partial charge is 0.302 e. The van der Waals surface area contributed by atoms with Crippen LogP contribution in [-0.2, 0) is 12.3 Å². The van der Waals surface area contributed by atoms with Crippen LogP contribution in [0, 0.1) is 0 Å². The fraction of sp³-hybridized carbons (Fsp3) is 0.238. The van der Waals surface area contributed by atoms with E-state index in [1.165, 1.54) is 5.56 Å². The van der Waals surface area contributed by atoms with Gasteiger partial charge in [0.25, 0.3) is 0 Å². The van der Waals surface area contributed by atoms with Gasteiger partial charge in [0.05, 0.1) is 0 Å². The molecule has 0 radical (unpaired) electrons. The van der Waals surface area contributed by atoms with Gasteiger partial charge >= 0.3 is 0 Å². The van der Waals surface area contributed by atoms with Gasteiger partial charge in [-0.3, -0.25) is 0 Å². The van der Waals surface area contributed by atoms with Crippen LogP contribution in [0.15, 0.2) is 66.3 Å². The maximum absolute atomic E-state index is 6.29. The maximum Gasteiger partial charge on any atom is 0.191 e. The minimum Gasteiger partial charge on any atom is -0.302 e. The fourth-order valence-electron chi connectivity index (χ4n) is 3.34. The Labute approximate surface area is 173 Å². The summed E-state index contributed by atoms with van der Waals surface area (Å²) in [5, 5.41) is 11.2. The molecule has 2 unspecified atom stereocenters. The maximum atomic E-state index is 6.29. The summed E-state index contributed by atoms with van der Waals surface area (Å²) in [6.45, 7) is 4.59. The van der Waals surface area contributed by atoms with Crippen molar-refractivity contribution in [1.82, 2.24) is 14.8 Å². The van der Waals surface area contributed by atoms with Crippen molar-refractivity contribution in [1.29, 1.82) is 0 Å². The molecule has 3 nitrogen and oxygen atoms in total. The standard InChI is InChI=1S/C21H19Cl2N3S/c1-2-11-26-20(16-12-15(16)14-7-4-3-5-8-14)24-25-21(26)27-13-17-18(22)9-6-10-19(17)23/h2-10,15-16H,1,11-13H2. The Morgan fingerprint density at radius 2 is 1.78 bits per heavy atom. The number of benzene rings is 2. The number of thioether (sulfide) groups is 1. The summed E-state index contributed by atoms with van der Waals surface area (Å²) in [6, 6.07) is 16.2. The first-order chi connectivity index (χ1) is 13.2. The lowest BCUT2D eigenvalue weighted by molar-refractivity contribution is 0.677. The summed E-state index contributed by atoms with van der Waals surface area (Å²) in [7, 11) is 0. The van der Waals surface area contributed by atoms with Gasteiger partial charge in [-0.2, -0.15) is 0 Å². The molecule has 1 saturated carbocycles. The van der Waals surface area contributed by atoms with Crippen molar-refractivity contribution in [2.24, 2.45) is 0 Å². The van der Waals surface area contributed by atoms with E-state index in [1.807, 2.05) is 24.3 Å². The normalized spacial score (nSPS) is 18.4. The number of halogens is 2. The van der Waals surface area contributed by atoms with Crippen molar-refractivity contribution in [3.63, 3.8) is 0 Å². The Morgan fingerprint density at radius 1 is 1.04 bits per heavy atom. The lowest BCUT2D eigenvalue weighted by Crippen LogP contribution is -2.03. The van der Waals surface area contributed by atoms with Crippen molar-refractivity contribution >= 4 is 35.0 Å². The molecule has 3 aromatic rings. The van der Waals surface area contributed by atoms with Gasteiger partial charge in [0.15, 0.2) is 5.16 Å². The van der Waals surface area contributed by atoms with E-state index in [0.717, 1.165) is 23.0 Å². The molecule has 6 heteroatoms. The fourth-order valence-corrected chi connectivity index (χ4v) is 5.03. The second kappa shape index (κ2) is 8.09. The molecule has 1 heterocycles. The SMILES string of the molecule is C=CCn1c(SCc2c(Cl)cccc2Cl)nnc1C1CC1c1ccccc1. The third-order valence-corrected chi connectivity index (χ3v) is 6.52. The lowest BCUT2D eigenvalue weighted by Gasteiger charge is -2.09. The third kappa shape index (κ3) is 3.93. The van der Waals surface area contributed by atoms with E-state index in [0.29, 0.717) is 34.2 Å². The average Bonchev–Trinajstić information content (AvgIpc) is 3.38. The van der Waals surface area contributed by atoms with Gasteiger partial charge < -0.3 is 4.57 Å². The van der Waals surface area contributed by atoms with E-state index in [4.69, 9.17) is 23.2 Å². The molecule has 0 bridgehead atoms. The molecule has 27 heavy (non-hydrogen) atoms. The molecule has 1 aliphatic carbocycles. The summed E-state index contributed by atoms with van der Waals surface area (Å²) >= 11 is 14.2. The quantitative estimate of drug-likeness (QED) is 0.333. The zero-order valence-corrected chi connectivity index (χ0v) is 17.0. The Morgan fingerprint density at radius 3 is 2.48 bits per heavy atom. The van der Waals surface area contributed by atoms with Gasteiger partial charge in [-0.25, -0.2) is 0 Å². The molecule has 0 N–H and O–H groups in total. The van der Waals surface area contributed by atoms with Gasteiger partial charge in [-0.15, -0.1) is 16.8 Å². The van der Waals surface area contributed by atoms with Crippen LogP contribution in [0.3, 0.4) is 0 Å². The zero-order chi connectivity index (χ0) is 18.8. The van der Waals surface area contributed by atoms with Crippen LogP contribution in [0.25, 0.3) is 0 Å². The average molecular weight is 416 g/mol. The molecule has 1 aliphatic rings. The van der Waals surface area contributed by atoms with E-state index in [2.05, 4.69) is 51.7 Å². The van der Waals surface area contributed by atoms with Crippen LogP contribution >= 0.6 is 35.0 Å². The van der Waals surface area contributed by atoms with Crippen LogP contribution in [0.1, 0.15) is 35.2 Å². The summed E-state index contributed by atoms with van der Waals surface area (Å²) in [5.74, 6) is 2.63. The molecule has 0 spiro atoms. The number of aromatic nitrogens is 3. The highest BCUT2D eigenvalue weighted by Crippen LogP contribution is 2.54. The highest BCUT2D eigenvalue weighted by atomic mass is 35.5. The summed E-state index contributed by atoms with van der Waals surface area (Å²) in [6.07, 6.45) is 3.00. The predicted octanol–water partition coefficient (Wildman–Crippen LogP) is 6.33. The second-order valence-corrected chi connectivity index (χ2v) is 8.35. The smallest absolute Gasteiger partial charge is 0.191 e. The first-order valence-electron chi connectivity index (χ1n) is 8.83. The molecule has 2 atom stereocenters. The van der Waals surface area contributed by atoms with E-state index in [-0.39, 0.29) is 0 Å². The van der Waals surface area contributed by atoms with Crippen molar-refractivity contribution in [3.8, 4) is 0 Å². The number of allylic oxidation sites excluding steroid dienone is 1. The van der Waals surface area contributed by atoms with Crippen LogP contribution in [0.2, 0.25) is 10.0 Å². The summed E-state index contributed by atoms with van der Waals surface area (Å²) in [4.78, 5) is 0. The predicted molar refractivity (Wildman–Crippen MR) is 113 cm³/mol. The molecule has 1 fully saturated rings. The first kappa shape index (κ1) is 18.6. The van der Waals surface area contributed by atoms with Crippen LogP contribution in [0.4, 0.5) is 0 Å². The molecule has 0 saturated heterocycles. The Hall–Kier alpha value is -1.75. The highest BCUT2D eigenvalue weighted by Gasteiger charge is 2.43. The first-order valence-corrected chi connectivity index (χ1v) is 10.6. The van der Waals surface area contributed by atoms with Gasteiger partial charge in [0.2, 0.25) is 0 Å². The van der Waals surface area contributed by atoms with E-state index < -0.39 is 0 Å². The Bertz CT molecular complexity index is 935. The summed E-state index contributed by atoms with van der Waals surface area (Å²) < 4.78 is 2.16. The van der Waals surface area contributed by atoms with Crippen molar-refractivity contribution < 1.29 is 0 Å². The highest BCUT2D eigenvalue weighted by molar-refractivity contribution is 7.98. The Kier molecular flexibility index (Phi) is 5.58. The van der Waals surface area contributed by atoms with Gasteiger partial charge in [0.1, 0.15) is 5.82 Å².